The molecular weight excluding hydrogens is 484 g/mol. The fraction of sp³-hybridized carbons (Fsp3) is 0.677. The van der Waals surface area contributed by atoms with E-state index in [0.29, 0.717) is 42.9 Å². The van der Waals surface area contributed by atoms with Gasteiger partial charge >= 0.3 is 0 Å². The van der Waals surface area contributed by atoms with Crippen molar-refractivity contribution < 1.29 is 33.3 Å². The Balaban J connectivity index is 1.27. The average Bonchev–Trinajstić information content (AvgIpc) is 2.96. The maximum atomic E-state index is 13.7. The van der Waals surface area contributed by atoms with Gasteiger partial charge in [-0.3, -0.25) is 9.59 Å². The normalized spacial score (nSPS) is 26.2. The van der Waals surface area contributed by atoms with Crippen molar-refractivity contribution in [3.8, 4) is 0 Å². The molecule has 1 aliphatic carbocycles. The Bertz CT molecular complexity index is 982. The predicted octanol–water partition coefficient (Wildman–Crippen LogP) is 5.51. The second-order valence-corrected chi connectivity index (χ2v) is 10.9. The van der Waals surface area contributed by atoms with E-state index in [2.05, 4.69) is 6.07 Å². The van der Waals surface area contributed by atoms with Crippen LogP contribution in [0.15, 0.2) is 23.8 Å². The van der Waals surface area contributed by atoms with Gasteiger partial charge in [-0.1, -0.05) is 6.07 Å². The molecule has 38 heavy (non-hydrogen) atoms. The molecule has 0 saturated carbocycles. The first-order valence-corrected chi connectivity index (χ1v) is 14.7. The number of fused-ring (bicyclic) bond motifs is 1. The third kappa shape index (κ3) is 7.19. The molecule has 0 aromatic heterocycles. The predicted molar refractivity (Wildman–Crippen MR) is 143 cm³/mol. The van der Waals surface area contributed by atoms with E-state index in [1.54, 1.807) is 0 Å². The van der Waals surface area contributed by atoms with Gasteiger partial charge in [0.25, 0.3) is 0 Å². The van der Waals surface area contributed by atoms with Crippen LogP contribution in [0.3, 0.4) is 0 Å². The molecule has 7 heteroatoms. The molecule has 208 valence electrons. The van der Waals surface area contributed by atoms with E-state index in [9.17, 15) is 9.59 Å². The Morgan fingerprint density at radius 2 is 1.37 bits per heavy atom. The van der Waals surface area contributed by atoms with Gasteiger partial charge in [-0.15, -0.1) is 0 Å². The van der Waals surface area contributed by atoms with Crippen LogP contribution in [0.1, 0.15) is 102 Å². The maximum Gasteiger partial charge on any atom is 0.192 e. The van der Waals surface area contributed by atoms with Crippen LogP contribution in [0.2, 0.25) is 0 Å². The molecular formula is C31H42O7. The maximum absolute atomic E-state index is 13.7. The topological polar surface area (TPSA) is 80.3 Å². The van der Waals surface area contributed by atoms with Gasteiger partial charge in [0.15, 0.2) is 24.1 Å². The smallest absolute Gasteiger partial charge is 0.192 e. The standard InChI is InChI=1S/C31H42O7/c32-26-21-24(27-11-1-4-14-34-27)31(33)25-20-22(9-7-17-37-28-12-2-5-15-35-28)19-23(30(25)26)10-8-18-38-29-13-3-6-16-36-29/h19-21,27-29H,1-18H2. The third-order valence-electron chi connectivity index (χ3n) is 7.93. The quantitative estimate of drug-likeness (QED) is 0.352. The average molecular weight is 527 g/mol. The summed E-state index contributed by atoms with van der Waals surface area (Å²) < 4.78 is 29.1. The highest BCUT2D eigenvalue weighted by Gasteiger charge is 2.33. The van der Waals surface area contributed by atoms with Gasteiger partial charge in [-0.05, 0) is 107 Å². The highest BCUT2D eigenvalue weighted by molar-refractivity contribution is 6.25. The van der Waals surface area contributed by atoms with Gasteiger partial charge in [-0.25, -0.2) is 0 Å². The summed E-state index contributed by atoms with van der Waals surface area (Å²) in [7, 11) is 0. The van der Waals surface area contributed by atoms with Gasteiger partial charge in [0, 0.05) is 36.5 Å². The van der Waals surface area contributed by atoms with Crippen molar-refractivity contribution in [2.45, 2.75) is 102 Å². The van der Waals surface area contributed by atoms with E-state index >= 15 is 0 Å². The molecule has 5 rings (SSSR count). The first-order valence-electron chi connectivity index (χ1n) is 14.7. The van der Waals surface area contributed by atoms with Crippen LogP contribution in [-0.4, -0.2) is 63.3 Å². The Morgan fingerprint density at radius 1 is 0.737 bits per heavy atom. The van der Waals surface area contributed by atoms with Gasteiger partial charge in [0.1, 0.15) is 0 Å². The number of aryl methyl sites for hydroxylation is 2. The number of allylic oxidation sites excluding steroid dienone is 1. The third-order valence-corrected chi connectivity index (χ3v) is 7.93. The lowest BCUT2D eigenvalue weighted by Gasteiger charge is -2.28. The Kier molecular flexibility index (Phi) is 10.2. The minimum absolute atomic E-state index is 0.0617. The Morgan fingerprint density at radius 3 is 1.97 bits per heavy atom. The summed E-state index contributed by atoms with van der Waals surface area (Å²) in [5.74, 6) is -0.145. The second-order valence-electron chi connectivity index (χ2n) is 10.9. The first kappa shape index (κ1) is 27.7. The molecule has 3 unspecified atom stereocenters. The molecule has 3 aliphatic heterocycles. The number of rotatable bonds is 11. The molecule has 7 nitrogen and oxygen atoms in total. The first-order chi connectivity index (χ1) is 18.7. The summed E-state index contributed by atoms with van der Waals surface area (Å²) in [6.07, 6.45) is 13.2. The number of hydrogen-bond donors (Lipinski definition) is 0. The van der Waals surface area contributed by atoms with Gasteiger partial charge in [-0.2, -0.15) is 0 Å². The number of hydrogen-bond acceptors (Lipinski definition) is 7. The van der Waals surface area contributed by atoms with E-state index in [0.717, 1.165) is 101 Å². The lowest BCUT2D eigenvalue weighted by molar-refractivity contribution is -0.162. The molecule has 3 fully saturated rings. The lowest BCUT2D eigenvalue weighted by atomic mass is 9.81. The summed E-state index contributed by atoms with van der Waals surface area (Å²) >= 11 is 0. The van der Waals surface area contributed by atoms with Crippen LogP contribution >= 0.6 is 0 Å². The largest absolute Gasteiger partial charge is 0.373 e. The number of ketones is 2. The molecule has 0 spiro atoms. The fourth-order valence-electron chi connectivity index (χ4n) is 5.89. The minimum Gasteiger partial charge on any atom is -0.373 e. The molecule has 1 aromatic rings. The SMILES string of the molecule is O=C1C(C2CCCCO2)=CC(=O)c2c(CCCOC3CCCCO3)cc(CCCOC3CCCCO3)cc21. The zero-order valence-electron chi connectivity index (χ0n) is 22.5. The minimum atomic E-state index is -0.284. The van der Waals surface area contributed by atoms with Crippen LogP contribution in [0, 0.1) is 0 Å². The van der Waals surface area contributed by atoms with Crippen LogP contribution < -0.4 is 0 Å². The van der Waals surface area contributed by atoms with Crippen LogP contribution in [0.25, 0.3) is 0 Å². The van der Waals surface area contributed by atoms with Crippen molar-refractivity contribution in [1.29, 1.82) is 0 Å². The summed E-state index contributed by atoms with van der Waals surface area (Å²) in [4.78, 5) is 27.0. The summed E-state index contributed by atoms with van der Waals surface area (Å²) in [6.45, 7) is 3.34. The number of carbonyl (C=O) groups is 2. The number of benzene rings is 1. The van der Waals surface area contributed by atoms with Gasteiger partial charge in [0.05, 0.1) is 19.3 Å². The fourth-order valence-corrected chi connectivity index (χ4v) is 5.89. The second kappa shape index (κ2) is 13.9. The molecule has 0 bridgehead atoms. The zero-order valence-corrected chi connectivity index (χ0v) is 22.5. The van der Waals surface area contributed by atoms with Crippen molar-refractivity contribution in [2.75, 3.05) is 33.0 Å². The Labute approximate surface area is 226 Å². The highest BCUT2D eigenvalue weighted by Crippen LogP contribution is 2.32. The molecule has 0 amide bonds. The number of carbonyl (C=O) groups excluding carboxylic acids is 2. The van der Waals surface area contributed by atoms with Crippen molar-refractivity contribution in [1.82, 2.24) is 0 Å². The zero-order chi connectivity index (χ0) is 26.2. The lowest BCUT2D eigenvalue weighted by Crippen LogP contribution is -2.30. The molecule has 0 N–H and O–H groups in total. The Hall–Kier alpha value is -1.90. The van der Waals surface area contributed by atoms with Crippen LogP contribution in [0.5, 0.6) is 0 Å². The monoisotopic (exact) mass is 526 g/mol. The molecule has 3 saturated heterocycles. The molecule has 4 aliphatic rings. The van der Waals surface area contributed by atoms with Crippen molar-refractivity contribution in [3.63, 3.8) is 0 Å². The van der Waals surface area contributed by atoms with Crippen molar-refractivity contribution in [2.24, 2.45) is 0 Å². The van der Waals surface area contributed by atoms with Crippen molar-refractivity contribution >= 4 is 11.6 Å². The highest BCUT2D eigenvalue weighted by atomic mass is 16.7. The van der Waals surface area contributed by atoms with Gasteiger partial charge in [0.2, 0.25) is 0 Å². The molecule has 0 radical (unpaired) electrons. The van der Waals surface area contributed by atoms with E-state index in [-0.39, 0.29) is 30.3 Å². The molecule has 1 aromatic carbocycles. The molecule has 3 heterocycles. The number of Topliss-reactive ketones (excluding diaryl/α,β-unsaturated/α-hetero) is 1. The van der Waals surface area contributed by atoms with Crippen molar-refractivity contribution in [3.05, 3.63) is 46.0 Å². The van der Waals surface area contributed by atoms with E-state index < -0.39 is 0 Å². The van der Waals surface area contributed by atoms with E-state index in [1.165, 1.54) is 6.08 Å². The van der Waals surface area contributed by atoms with E-state index in [1.807, 2.05) is 6.07 Å². The van der Waals surface area contributed by atoms with Crippen LogP contribution in [-0.2, 0) is 36.5 Å². The molecule has 3 atom stereocenters. The summed E-state index contributed by atoms with van der Waals surface area (Å²) in [6, 6.07) is 4.03. The summed E-state index contributed by atoms with van der Waals surface area (Å²) in [5, 5.41) is 0. The van der Waals surface area contributed by atoms with E-state index in [4.69, 9.17) is 23.7 Å². The van der Waals surface area contributed by atoms with Gasteiger partial charge < -0.3 is 23.7 Å². The number of ether oxygens (including phenoxy) is 5. The summed E-state index contributed by atoms with van der Waals surface area (Å²) in [5.41, 5.74) is 3.60. The van der Waals surface area contributed by atoms with Crippen LogP contribution in [0.4, 0.5) is 0 Å².